The van der Waals surface area contributed by atoms with Gasteiger partial charge >= 0.3 is 6.03 Å². The molecule has 1 atom stereocenters. The second kappa shape index (κ2) is 8.01. The number of nitrogens with one attached hydrogen (secondary N) is 2. The van der Waals surface area contributed by atoms with Crippen molar-refractivity contribution >= 4 is 29.2 Å². The Balaban J connectivity index is 1.80. The number of nitrogens with zero attached hydrogens (tertiary/aromatic N) is 1. The average Bonchev–Trinajstić information content (AvgIpc) is 2.51. The lowest BCUT2D eigenvalue weighted by Gasteiger charge is -2.15. The van der Waals surface area contributed by atoms with Crippen molar-refractivity contribution in [2.24, 2.45) is 0 Å². The zero-order valence-electron chi connectivity index (χ0n) is 12.1. The van der Waals surface area contributed by atoms with Crippen LogP contribution in [0, 0.1) is 0 Å². The molecule has 2 N–H and O–H groups in total. The Kier molecular flexibility index (Phi) is 6.04. The van der Waals surface area contributed by atoms with Crippen molar-refractivity contribution < 1.29 is 4.79 Å². The molecule has 0 fully saturated rings. The fourth-order valence-corrected chi connectivity index (χ4v) is 2.27. The van der Waals surface area contributed by atoms with Gasteiger partial charge in [-0.2, -0.15) is 0 Å². The van der Waals surface area contributed by atoms with Gasteiger partial charge in [-0.1, -0.05) is 35.3 Å². The summed E-state index contributed by atoms with van der Waals surface area (Å²) >= 11 is 11.9. The Morgan fingerprint density at radius 3 is 2.73 bits per heavy atom. The van der Waals surface area contributed by atoms with Crippen molar-refractivity contribution in [1.82, 2.24) is 15.6 Å². The summed E-state index contributed by atoms with van der Waals surface area (Å²) in [5.41, 5.74) is 1.84. The largest absolute Gasteiger partial charge is 0.338 e. The number of benzene rings is 1. The van der Waals surface area contributed by atoms with Crippen molar-refractivity contribution in [2.75, 3.05) is 6.54 Å². The molecule has 0 aliphatic rings. The first-order valence-corrected chi connectivity index (χ1v) is 7.71. The van der Waals surface area contributed by atoms with Gasteiger partial charge < -0.3 is 10.6 Å². The average molecular weight is 338 g/mol. The minimum Gasteiger partial charge on any atom is -0.338 e. The number of aromatic nitrogens is 1. The lowest BCUT2D eigenvalue weighted by molar-refractivity contribution is 0.238. The van der Waals surface area contributed by atoms with Crippen LogP contribution in [-0.4, -0.2) is 17.6 Å². The van der Waals surface area contributed by atoms with Crippen molar-refractivity contribution in [2.45, 2.75) is 19.4 Å². The van der Waals surface area contributed by atoms with Gasteiger partial charge in [0.2, 0.25) is 0 Å². The number of rotatable bonds is 5. The number of pyridine rings is 1. The van der Waals surface area contributed by atoms with E-state index in [9.17, 15) is 4.79 Å². The molecule has 1 unspecified atom stereocenters. The van der Waals surface area contributed by atoms with E-state index in [-0.39, 0.29) is 12.1 Å². The maximum atomic E-state index is 11.9. The van der Waals surface area contributed by atoms with Gasteiger partial charge in [0.25, 0.3) is 0 Å². The zero-order valence-corrected chi connectivity index (χ0v) is 13.7. The summed E-state index contributed by atoms with van der Waals surface area (Å²) in [6.07, 6.45) is 2.43. The van der Waals surface area contributed by atoms with Crippen molar-refractivity contribution in [1.29, 1.82) is 0 Å². The fraction of sp³-hybridized carbons (Fsp3) is 0.250. The number of halogens is 2. The van der Waals surface area contributed by atoms with Crippen LogP contribution >= 0.6 is 23.2 Å². The second-order valence-corrected chi connectivity index (χ2v) is 5.68. The number of carbonyl (C=O) groups is 1. The summed E-state index contributed by atoms with van der Waals surface area (Å²) in [6.45, 7) is 2.41. The van der Waals surface area contributed by atoms with Gasteiger partial charge in [0.05, 0.1) is 16.1 Å². The second-order valence-electron chi connectivity index (χ2n) is 4.87. The minimum atomic E-state index is -0.227. The quantitative estimate of drug-likeness (QED) is 0.866. The fourth-order valence-electron chi connectivity index (χ4n) is 1.96. The molecule has 1 aromatic heterocycles. The molecule has 0 aliphatic heterocycles. The number of amides is 2. The van der Waals surface area contributed by atoms with E-state index in [1.807, 2.05) is 31.2 Å². The van der Waals surface area contributed by atoms with Gasteiger partial charge in [-0.15, -0.1) is 0 Å². The third-order valence-electron chi connectivity index (χ3n) is 3.18. The van der Waals surface area contributed by atoms with Gasteiger partial charge in [0, 0.05) is 24.9 Å². The molecular weight excluding hydrogens is 321 g/mol. The Labute approximate surface area is 139 Å². The topological polar surface area (TPSA) is 54.0 Å². The molecule has 2 rings (SSSR count). The molecule has 2 amide bonds. The van der Waals surface area contributed by atoms with E-state index < -0.39 is 0 Å². The molecule has 0 aliphatic carbocycles. The molecule has 22 heavy (non-hydrogen) atoms. The van der Waals surface area contributed by atoms with E-state index in [2.05, 4.69) is 15.6 Å². The highest BCUT2D eigenvalue weighted by molar-refractivity contribution is 6.42. The molecule has 0 saturated carbocycles. The predicted molar refractivity (Wildman–Crippen MR) is 89.4 cm³/mol. The summed E-state index contributed by atoms with van der Waals surface area (Å²) in [5.74, 6) is 0. The van der Waals surface area contributed by atoms with E-state index in [1.165, 1.54) is 0 Å². The summed E-state index contributed by atoms with van der Waals surface area (Å²) in [6, 6.07) is 10.6. The van der Waals surface area contributed by atoms with Crippen molar-refractivity contribution in [3.8, 4) is 0 Å². The van der Waals surface area contributed by atoms with Crippen LogP contribution in [-0.2, 0) is 6.42 Å². The Morgan fingerprint density at radius 1 is 1.23 bits per heavy atom. The maximum Gasteiger partial charge on any atom is 0.315 e. The first-order chi connectivity index (χ1) is 10.6. The molecule has 1 aromatic carbocycles. The van der Waals surface area contributed by atoms with E-state index in [0.29, 0.717) is 23.0 Å². The minimum absolute atomic E-state index is 0.162. The molecule has 1 heterocycles. The van der Waals surface area contributed by atoms with Gasteiger partial charge in [0.1, 0.15) is 0 Å². The SMILES string of the molecule is CC(NC(=O)NCCc1ccccn1)c1ccc(Cl)c(Cl)c1. The number of hydrogen-bond donors (Lipinski definition) is 2. The van der Waals surface area contributed by atoms with Gasteiger partial charge in [-0.3, -0.25) is 4.98 Å². The van der Waals surface area contributed by atoms with E-state index in [1.54, 1.807) is 18.3 Å². The number of carbonyl (C=O) groups excluding carboxylic acids is 1. The Hall–Kier alpha value is -1.78. The Morgan fingerprint density at radius 2 is 2.05 bits per heavy atom. The molecule has 116 valence electrons. The molecular formula is C16H17Cl2N3O. The summed E-state index contributed by atoms with van der Waals surface area (Å²) in [4.78, 5) is 16.1. The maximum absolute atomic E-state index is 11.9. The third-order valence-corrected chi connectivity index (χ3v) is 3.92. The lowest BCUT2D eigenvalue weighted by Crippen LogP contribution is -2.38. The standard InChI is InChI=1S/C16H17Cl2N3O/c1-11(12-5-6-14(17)15(18)10-12)21-16(22)20-9-7-13-4-2-3-8-19-13/h2-6,8,10-11H,7,9H2,1H3,(H2,20,21,22). The first kappa shape index (κ1) is 16.6. The molecule has 0 saturated heterocycles. The Bertz CT molecular complexity index is 635. The normalized spacial score (nSPS) is 11.8. The molecule has 4 nitrogen and oxygen atoms in total. The third kappa shape index (κ3) is 4.90. The van der Waals surface area contributed by atoms with Crippen LogP contribution in [0.1, 0.15) is 24.2 Å². The highest BCUT2D eigenvalue weighted by Crippen LogP contribution is 2.25. The summed E-state index contributed by atoms with van der Waals surface area (Å²) < 4.78 is 0. The van der Waals surface area contributed by atoms with Crippen LogP contribution in [0.5, 0.6) is 0 Å². The van der Waals surface area contributed by atoms with Crippen molar-refractivity contribution in [3.05, 3.63) is 63.9 Å². The summed E-state index contributed by atoms with van der Waals surface area (Å²) in [7, 11) is 0. The predicted octanol–water partition coefficient (Wildman–Crippen LogP) is 3.99. The van der Waals surface area contributed by atoms with E-state index in [0.717, 1.165) is 11.3 Å². The van der Waals surface area contributed by atoms with E-state index >= 15 is 0 Å². The van der Waals surface area contributed by atoms with Crippen molar-refractivity contribution in [3.63, 3.8) is 0 Å². The highest BCUT2D eigenvalue weighted by atomic mass is 35.5. The molecule has 2 aromatic rings. The van der Waals surface area contributed by atoms with Gasteiger partial charge in [-0.05, 0) is 36.8 Å². The smallest absolute Gasteiger partial charge is 0.315 e. The molecule has 0 bridgehead atoms. The van der Waals surface area contributed by atoms with Crippen LogP contribution in [0.25, 0.3) is 0 Å². The number of urea groups is 1. The highest BCUT2D eigenvalue weighted by Gasteiger charge is 2.10. The zero-order chi connectivity index (χ0) is 15.9. The number of hydrogen-bond acceptors (Lipinski definition) is 2. The van der Waals surface area contributed by atoms with Crippen LogP contribution in [0.2, 0.25) is 10.0 Å². The van der Waals surface area contributed by atoms with Crippen LogP contribution < -0.4 is 10.6 Å². The van der Waals surface area contributed by atoms with Crippen LogP contribution in [0.3, 0.4) is 0 Å². The van der Waals surface area contributed by atoms with Crippen LogP contribution in [0.4, 0.5) is 4.79 Å². The van der Waals surface area contributed by atoms with Gasteiger partial charge in [0.15, 0.2) is 0 Å². The lowest BCUT2D eigenvalue weighted by atomic mass is 10.1. The first-order valence-electron chi connectivity index (χ1n) is 6.95. The van der Waals surface area contributed by atoms with E-state index in [4.69, 9.17) is 23.2 Å². The molecule has 6 heteroatoms. The summed E-state index contributed by atoms with van der Waals surface area (Å²) in [5, 5.41) is 6.64. The molecule has 0 spiro atoms. The monoisotopic (exact) mass is 337 g/mol. The van der Waals surface area contributed by atoms with Crippen LogP contribution in [0.15, 0.2) is 42.6 Å². The van der Waals surface area contributed by atoms with Gasteiger partial charge in [-0.25, -0.2) is 4.79 Å². The molecule has 0 radical (unpaired) electrons.